The Morgan fingerprint density at radius 1 is 0.412 bits per heavy atom. The predicted molar refractivity (Wildman–Crippen MR) is 214 cm³/mol. The van der Waals surface area contributed by atoms with Gasteiger partial charge in [-0.05, 0) is 33.4 Å². The number of nitrogens with one attached hydrogen (secondary N) is 2. The van der Waals surface area contributed by atoms with Gasteiger partial charge in [0, 0.05) is 24.9 Å². The highest BCUT2D eigenvalue weighted by Crippen LogP contribution is 2.25. The number of benzene rings is 6. The lowest BCUT2D eigenvalue weighted by molar-refractivity contribution is -0.108. The highest BCUT2D eigenvalue weighted by atomic mass is 16.1. The zero-order valence-electron chi connectivity index (χ0n) is 29.0. The van der Waals surface area contributed by atoms with Gasteiger partial charge in [0.05, 0.1) is 19.0 Å². The molecule has 6 aromatic carbocycles. The molecule has 0 spiro atoms. The van der Waals surface area contributed by atoms with E-state index in [-0.39, 0.29) is 5.92 Å². The van der Waals surface area contributed by atoms with Crippen LogP contribution in [0.3, 0.4) is 0 Å². The van der Waals surface area contributed by atoms with E-state index in [9.17, 15) is 4.79 Å². The Kier molecular flexibility index (Phi) is 16.8. The van der Waals surface area contributed by atoms with Gasteiger partial charge in [-0.15, -0.1) is 12.8 Å². The fourth-order valence-corrected chi connectivity index (χ4v) is 5.85. The summed E-state index contributed by atoms with van der Waals surface area (Å²) >= 11 is 0. The molecule has 254 valence electrons. The summed E-state index contributed by atoms with van der Waals surface area (Å²) in [6, 6.07) is 61.7. The second-order valence-electron chi connectivity index (χ2n) is 11.9. The number of aldehydes is 1. The van der Waals surface area contributed by atoms with Gasteiger partial charge in [0.1, 0.15) is 6.29 Å². The Hall–Kier alpha value is -5.97. The Labute approximate surface area is 304 Å². The molecule has 0 saturated carbocycles. The summed E-state index contributed by atoms with van der Waals surface area (Å²) in [4.78, 5) is 11.1. The number of hydrogen-bond acceptors (Lipinski definition) is 3. The zero-order valence-corrected chi connectivity index (χ0v) is 29.0. The van der Waals surface area contributed by atoms with E-state index in [1.807, 2.05) is 84.9 Å². The van der Waals surface area contributed by atoms with Crippen LogP contribution in [0.1, 0.15) is 51.1 Å². The smallest absolute Gasteiger partial charge is 0.131 e. The Morgan fingerprint density at radius 3 is 0.863 bits per heavy atom. The van der Waals surface area contributed by atoms with Gasteiger partial charge in [-0.2, -0.15) is 0 Å². The normalized spacial score (nSPS) is 10.2. The largest absolute Gasteiger partial charge is 0.305 e. The molecule has 0 heterocycles. The molecule has 3 heteroatoms. The first-order valence-corrected chi connectivity index (χ1v) is 17.3. The van der Waals surface area contributed by atoms with Crippen molar-refractivity contribution in [3.8, 4) is 24.7 Å². The first-order chi connectivity index (χ1) is 25.2. The maximum Gasteiger partial charge on any atom is 0.131 e. The molecule has 0 aromatic heterocycles. The van der Waals surface area contributed by atoms with Crippen LogP contribution in [0.25, 0.3) is 0 Å². The van der Waals surface area contributed by atoms with Crippen molar-refractivity contribution in [3.63, 3.8) is 0 Å². The van der Waals surface area contributed by atoms with Crippen LogP contribution in [0.15, 0.2) is 182 Å². The van der Waals surface area contributed by atoms with Crippen molar-refractivity contribution in [2.24, 2.45) is 0 Å². The maximum absolute atomic E-state index is 11.1. The summed E-state index contributed by atoms with van der Waals surface area (Å²) in [6.45, 7) is 2.93. The minimum Gasteiger partial charge on any atom is -0.305 e. The van der Waals surface area contributed by atoms with Gasteiger partial charge in [-0.3, -0.25) is 0 Å². The summed E-state index contributed by atoms with van der Waals surface area (Å²) in [5.41, 5.74) is 7.33. The molecular formula is C48H46N2O. The molecule has 6 rings (SSSR count). The summed E-state index contributed by atoms with van der Waals surface area (Å²) in [6.07, 6.45) is 11.5. The first kappa shape index (κ1) is 37.8. The Morgan fingerprint density at radius 2 is 0.647 bits per heavy atom. The molecule has 0 aliphatic carbocycles. The molecule has 0 fully saturated rings. The molecular weight excluding hydrogens is 621 g/mol. The Balaban J connectivity index is 0.000000172. The van der Waals surface area contributed by atoms with Gasteiger partial charge < -0.3 is 15.4 Å². The summed E-state index contributed by atoms with van der Waals surface area (Å²) in [7, 11) is 0. The van der Waals surface area contributed by atoms with Gasteiger partial charge in [-0.25, -0.2) is 0 Å². The lowest BCUT2D eigenvalue weighted by Crippen LogP contribution is -2.22. The highest BCUT2D eigenvalue weighted by Gasteiger charge is 2.14. The number of terminal acetylenes is 2. The first-order valence-electron chi connectivity index (χ1n) is 17.3. The topological polar surface area (TPSA) is 41.1 Å². The minimum absolute atomic E-state index is 0.146. The molecule has 0 unspecified atom stereocenters. The monoisotopic (exact) mass is 666 g/mol. The summed E-state index contributed by atoms with van der Waals surface area (Å²) in [5, 5.41) is 6.59. The van der Waals surface area contributed by atoms with Crippen molar-refractivity contribution in [3.05, 3.63) is 215 Å². The lowest BCUT2D eigenvalue weighted by Gasteiger charge is -2.18. The van der Waals surface area contributed by atoms with E-state index in [1.54, 1.807) is 0 Å². The van der Waals surface area contributed by atoms with Crippen LogP contribution >= 0.6 is 0 Å². The summed E-state index contributed by atoms with van der Waals surface area (Å²) in [5.74, 6) is 5.78. The van der Waals surface area contributed by atoms with E-state index in [1.165, 1.54) is 22.3 Å². The molecule has 0 atom stereocenters. The predicted octanol–water partition coefficient (Wildman–Crippen LogP) is 9.10. The third kappa shape index (κ3) is 12.8. The quantitative estimate of drug-likeness (QED) is 0.0734. The number of carbonyl (C=O) groups excluding carboxylic acids is 1. The van der Waals surface area contributed by atoms with Crippen molar-refractivity contribution in [1.29, 1.82) is 0 Å². The highest BCUT2D eigenvalue weighted by molar-refractivity contribution is 5.68. The molecule has 0 amide bonds. The molecule has 2 N–H and O–H groups in total. The third-order valence-electron chi connectivity index (χ3n) is 8.41. The van der Waals surface area contributed by atoms with E-state index in [0.717, 1.165) is 30.5 Å². The zero-order chi connectivity index (χ0) is 35.8. The van der Waals surface area contributed by atoms with Crippen molar-refractivity contribution >= 4 is 6.29 Å². The minimum atomic E-state index is -0.146. The number of hydrogen-bond donors (Lipinski definition) is 2. The molecule has 0 aliphatic heterocycles. The lowest BCUT2D eigenvalue weighted by atomic mass is 9.91. The van der Waals surface area contributed by atoms with Gasteiger partial charge in [-0.1, -0.05) is 194 Å². The second kappa shape index (κ2) is 22.6. The molecule has 3 nitrogen and oxygen atoms in total. The van der Waals surface area contributed by atoms with Crippen LogP contribution in [0.5, 0.6) is 0 Å². The van der Waals surface area contributed by atoms with Crippen LogP contribution in [-0.2, 0) is 4.79 Å². The fraction of sp³-hybridized carbons (Fsp3) is 0.146. The van der Waals surface area contributed by atoms with Crippen LogP contribution in [0.2, 0.25) is 0 Å². The van der Waals surface area contributed by atoms with Crippen molar-refractivity contribution in [2.75, 3.05) is 26.2 Å². The van der Waals surface area contributed by atoms with Gasteiger partial charge in [0.2, 0.25) is 0 Å². The average molecular weight is 667 g/mol. The average Bonchev–Trinajstić information content (AvgIpc) is 3.21. The van der Waals surface area contributed by atoms with Gasteiger partial charge >= 0.3 is 0 Å². The molecule has 6 aromatic rings. The van der Waals surface area contributed by atoms with E-state index >= 15 is 0 Å². The number of carbonyl (C=O) groups is 1. The van der Waals surface area contributed by atoms with Crippen LogP contribution in [-0.4, -0.2) is 32.5 Å². The number of rotatable bonds is 13. The standard InChI is InChI=1S/2C17H17N.C14H12O/c2*1-2-13-18-14-17(15-9-5-3-6-10-15)16-11-7-4-8-12-16;15-11-14(12-7-3-1-4-8-12)13-9-5-2-6-10-13/h2*1,3-12,17-18H,13-14H2;1-11,14H. The van der Waals surface area contributed by atoms with E-state index < -0.39 is 0 Å². The third-order valence-corrected chi connectivity index (χ3v) is 8.41. The second-order valence-corrected chi connectivity index (χ2v) is 11.9. The van der Waals surface area contributed by atoms with E-state index in [0.29, 0.717) is 24.9 Å². The van der Waals surface area contributed by atoms with E-state index in [2.05, 4.69) is 120 Å². The maximum atomic E-state index is 11.1. The summed E-state index contributed by atoms with van der Waals surface area (Å²) < 4.78 is 0. The van der Waals surface area contributed by atoms with Crippen LogP contribution < -0.4 is 10.6 Å². The van der Waals surface area contributed by atoms with Crippen LogP contribution in [0.4, 0.5) is 0 Å². The molecule has 0 saturated heterocycles. The van der Waals surface area contributed by atoms with Crippen molar-refractivity contribution < 1.29 is 4.79 Å². The van der Waals surface area contributed by atoms with Gasteiger partial charge in [0.25, 0.3) is 0 Å². The fourth-order valence-electron chi connectivity index (χ4n) is 5.85. The SMILES string of the molecule is C#CCNCC(c1ccccc1)c1ccccc1.C#CCNCC(c1ccccc1)c1ccccc1.O=CC(c1ccccc1)c1ccccc1. The van der Waals surface area contributed by atoms with E-state index in [4.69, 9.17) is 12.8 Å². The van der Waals surface area contributed by atoms with Gasteiger partial charge in [0.15, 0.2) is 0 Å². The van der Waals surface area contributed by atoms with Crippen molar-refractivity contribution in [1.82, 2.24) is 10.6 Å². The molecule has 0 radical (unpaired) electrons. The van der Waals surface area contributed by atoms with Crippen LogP contribution in [0, 0.1) is 24.7 Å². The van der Waals surface area contributed by atoms with Crippen molar-refractivity contribution in [2.45, 2.75) is 17.8 Å². The molecule has 0 bridgehead atoms. The molecule has 0 aliphatic rings. The molecule has 51 heavy (non-hydrogen) atoms. The Bertz CT molecular complexity index is 1650.